The van der Waals surface area contributed by atoms with Crippen LogP contribution in [-0.2, 0) is 14.8 Å². The van der Waals surface area contributed by atoms with E-state index in [1.807, 2.05) is 36.4 Å². The molecule has 3 rings (SSSR count). The van der Waals surface area contributed by atoms with E-state index in [2.05, 4.69) is 14.7 Å². The molecule has 9 heteroatoms. The SMILES string of the molecule is CS(=O)(=O)N[C@@H](CCCCCC(=O)NO)c1nc2c(ccc3ccccc32)[nH]1. The van der Waals surface area contributed by atoms with Crippen molar-refractivity contribution in [1.82, 2.24) is 20.2 Å². The van der Waals surface area contributed by atoms with Crippen molar-refractivity contribution in [3.63, 3.8) is 0 Å². The Morgan fingerprint density at radius 2 is 1.96 bits per heavy atom. The summed E-state index contributed by atoms with van der Waals surface area (Å²) in [5.74, 6) is 0.153. The zero-order valence-electron chi connectivity index (χ0n) is 15.6. The van der Waals surface area contributed by atoms with Gasteiger partial charge in [-0.15, -0.1) is 0 Å². The van der Waals surface area contributed by atoms with Crippen molar-refractivity contribution in [2.75, 3.05) is 6.26 Å². The number of amides is 1. The topological polar surface area (TPSA) is 124 Å². The number of unbranched alkanes of at least 4 members (excludes halogenated alkanes) is 2. The molecule has 0 aliphatic rings. The number of nitrogens with one attached hydrogen (secondary N) is 3. The summed E-state index contributed by atoms with van der Waals surface area (Å²) in [4.78, 5) is 19.0. The fraction of sp³-hybridized carbons (Fsp3) is 0.368. The molecule has 0 fully saturated rings. The van der Waals surface area contributed by atoms with Crippen LogP contribution in [-0.4, -0.2) is 35.8 Å². The third-order valence-corrected chi connectivity index (χ3v) is 5.32. The lowest BCUT2D eigenvalue weighted by Gasteiger charge is -2.15. The Morgan fingerprint density at radius 1 is 1.18 bits per heavy atom. The van der Waals surface area contributed by atoms with E-state index in [0.29, 0.717) is 25.1 Å². The van der Waals surface area contributed by atoms with Gasteiger partial charge in [-0.3, -0.25) is 10.0 Å². The number of sulfonamides is 1. The maximum absolute atomic E-state index is 11.8. The van der Waals surface area contributed by atoms with Gasteiger partial charge in [0.25, 0.3) is 0 Å². The summed E-state index contributed by atoms with van der Waals surface area (Å²) in [6.07, 6.45) is 3.97. The van der Waals surface area contributed by atoms with E-state index in [1.165, 1.54) is 0 Å². The first-order valence-corrected chi connectivity index (χ1v) is 11.0. The Labute approximate surface area is 163 Å². The maximum Gasteiger partial charge on any atom is 0.243 e. The summed E-state index contributed by atoms with van der Waals surface area (Å²) in [6, 6.07) is 11.4. The summed E-state index contributed by atoms with van der Waals surface area (Å²) in [7, 11) is -3.42. The second kappa shape index (κ2) is 8.68. The van der Waals surface area contributed by atoms with Crippen LogP contribution in [0.2, 0.25) is 0 Å². The monoisotopic (exact) mass is 404 g/mol. The average Bonchev–Trinajstić information content (AvgIpc) is 3.10. The first-order chi connectivity index (χ1) is 13.4. The quantitative estimate of drug-likeness (QED) is 0.248. The summed E-state index contributed by atoms with van der Waals surface area (Å²) in [5, 5.41) is 10.6. The number of carbonyl (C=O) groups excluding carboxylic acids is 1. The fourth-order valence-corrected chi connectivity index (χ4v) is 4.05. The van der Waals surface area contributed by atoms with E-state index >= 15 is 0 Å². The standard InChI is InChI=1S/C19H24N4O4S/c1-28(26,27)23-16(9-3-2-4-10-17(24)22-25)19-20-15-12-11-13-7-5-6-8-14(13)18(15)21-19/h5-8,11-12,16,23,25H,2-4,9-10H2,1H3,(H,20,21)(H,22,24)/t16-/m0/s1. The Morgan fingerprint density at radius 3 is 2.71 bits per heavy atom. The van der Waals surface area contributed by atoms with Crippen molar-refractivity contribution in [3.8, 4) is 0 Å². The first kappa shape index (κ1) is 20.2. The number of fused-ring (bicyclic) bond motifs is 3. The molecule has 28 heavy (non-hydrogen) atoms. The third kappa shape index (κ3) is 5.06. The second-order valence-corrected chi connectivity index (χ2v) is 8.66. The Bertz CT molecular complexity index is 1080. The van der Waals surface area contributed by atoms with Gasteiger partial charge in [0.1, 0.15) is 5.82 Å². The molecule has 0 spiro atoms. The van der Waals surface area contributed by atoms with E-state index in [9.17, 15) is 13.2 Å². The number of carbonyl (C=O) groups is 1. The van der Waals surface area contributed by atoms with Crippen LogP contribution >= 0.6 is 0 Å². The number of H-pyrrole nitrogens is 1. The van der Waals surface area contributed by atoms with Gasteiger partial charge in [-0.25, -0.2) is 23.6 Å². The highest BCUT2D eigenvalue weighted by Crippen LogP contribution is 2.27. The van der Waals surface area contributed by atoms with Crippen LogP contribution < -0.4 is 10.2 Å². The van der Waals surface area contributed by atoms with Crippen molar-refractivity contribution >= 4 is 37.7 Å². The smallest absolute Gasteiger partial charge is 0.243 e. The van der Waals surface area contributed by atoms with Gasteiger partial charge < -0.3 is 4.98 Å². The third-order valence-electron chi connectivity index (χ3n) is 4.60. The van der Waals surface area contributed by atoms with Crippen LogP contribution in [0.1, 0.15) is 44.0 Å². The van der Waals surface area contributed by atoms with Crippen molar-refractivity contribution in [2.45, 2.75) is 38.1 Å². The minimum Gasteiger partial charge on any atom is -0.341 e. The van der Waals surface area contributed by atoms with Gasteiger partial charge in [0.15, 0.2) is 0 Å². The summed E-state index contributed by atoms with van der Waals surface area (Å²) >= 11 is 0. The number of hydrogen-bond acceptors (Lipinski definition) is 5. The van der Waals surface area contributed by atoms with Crippen molar-refractivity contribution in [2.24, 2.45) is 0 Å². The highest BCUT2D eigenvalue weighted by Gasteiger charge is 2.20. The highest BCUT2D eigenvalue weighted by atomic mass is 32.2. The zero-order chi connectivity index (χ0) is 20.1. The van der Waals surface area contributed by atoms with Gasteiger partial charge in [-0.05, 0) is 24.3 Å². The number of benzene rings is 2. The molecule has 1 aromatic heterocycles. The van der Waals surface area contributed by atoms with Crippen LogP contribution in [0.15, 0.2) is 36.4 Å². The zero-order valence-corrected chi connectivity index (χ0v) is 16.4. The molecular formula is C19H24N4O4S. The number of nitrogens with zero attached hydrogens (tertiary/aromatic N) is 1. The molecule has 0 saturated heterocycles. The van der Waals surface area contributed by atoms with Gasteiger partial charge in [0.05, 0.1) is 23.3 Å². The fourth-order valence-electron chi connectivity index (χ4n) is 3.30. The Kier molecular flexibility index (Phi) is 6.28. The van der Waals surface area contributed by atoms with Crippen LogP contribution in [0.25, 0.3) is 21.8 Å². The predicted molar refractivity (Wildman–Crippen MR) is 107 cm³/mol. The number of rotatable bonds is 9. The number of aromatic nitrogens is 2. The van der Waals surface area contributed by atoms with E-state index in [-0.39, 0.29) is 6.42 Å². The van der Waals surface area contributed by atoms with E-state index in [4.69, 9.17) is 5.21 Å². The van der Waals surface area contributed by atoms with E-state index in [1.54, 1.807) is 5.48 Å². The molecule has 0 bridgehead atoms. The Hall–Kier alpha value is -2.49. The molecule has 1 amide bonds. The van der Waals surface area contributed by atoms with Gasteiger partial charge in [-0.1, -0.05) is 43.2 Å². The molecule has 150 valence electrons. The minimum absolute atomic E-state index is 0.233. The molecule has 4 N–H and O–H groups in total. The average molecular weight is 404 g/mol. The molecule has 0 unspecified atom stereocenters. The van der Waals surface area contributed by atoms with Crippen molar-refractivity contribution < 1.29 is 18.4 Å². The predicted octanol–water partition coefficient (Wildman–Crippen LogP) is 2.76. The van der Waals surface area contributed by atoms with Gasteiger partial charge in [0.2, 0.25) is 15.9 Å². The van der Waals surface area contributed by atoms with Crippen LogP contribution in [0.4, 0.5) is 0 Å². The lowest BCUT2D eigenvalue weighted by atomic mass is 10.1. The molecule has 0 radical (unpaired) electrons. The molecule has 0 aliphatic heterocycles. The largest absolute Gasteiger partial charge is 0.341 e. The number of aromatic amines is 1. The molecule has 0 saturated carbocycles. The van der Waals surface area contributed by atoms with Crippen LogP contribution in [0.5, 0.6) is 0 Å². The molecule has 1 atom stereocenters. The molecular weight excluding hydrogens is 380 g/mol. The lowest BCUT2D eigenvalue weighted by molar-refractivity contribution is -0.129. The summed E-state index contributed by atoms with van der Waals surface area (Å²) in [5.41, 5.74) is 3.27. The van der Waals surface area contributed by atoms with Gasteiger partial charge in [0, 0.05) is 11.8 Å². The molecule has 0 aliphatic carbocycles. The van der Waals surface area contributed by atoms with Gasteiger partial charge >= 0.3 is 0 Å². The first-order valence-electron chi connectivity index (χ1n) is 9.15. The van der Waals surface area contributed by atoms with E-state index in [0.717, 1.165) is 34.5 Å². The molecule has 1 heterocycles. The maximum atomic E-state index is 11.8. The molecule has 2 aromatic carbocycles. The minimum atomic E-state index is -3.42. The Balaban J connectivity index is 1.79. The summed E-state index contributed by atoms with van der Waals surface area (Å²) < 4.78 is 26.3. The van der Waals surface area contributed by atoms with Crippen molar-refractivity contribution in [3.05, 3.63) is 42.2 Å². The van der Waals surface area contributed by atoms with E-state index < -0.39 is 22.0 Å². The second-order valence-electron chi connectivity index (χ2n) is 6.88. The number of hydrogen-bond donors (Lipinski definition) is 4. The summed E-state index contributed by atoms with van der Waals surface area (Å²) in [6.45, 7) is 0. The van der Waals surface area contributed by atoms with Crippen molar-refractivity contribution in [1.29, 1.82) is 0 Å². The van der Waals surface area contributed by atoms with Gasteiger partial charge in [-0.2, -0.15) is 0 Å². The normalized spacial score (nSPS) is 13.1. The number of imidazole rings is 1. The number of hydroxylamine groups is 1. The molecule has 8 nitrogen and oxygen atoms in total. The van der Waals surface area contributed by atoms with Crippen LogP contribution in [0.3, 0.4) is 0 Å². The van der Waals surface area contributed by atoms with Crippen LogP contribution in [0, 0.1) is 0 Å². The molecule has 3 aromatic rings. The highest BCUT2D eigenvalue weighted by molar-refractivity contribution is 7.88. The lowest BCUT2D eigenvalue weighted by Crippen LogP contribution is -2.28.